The number of aromatic hydroxyl groups is 1. The minimum atomic E-state index is -0.227. The van der Waals surface area contributed by atoms with Crippen LogP contribution in [0.1, 0.15) is 62.6 Å². The number of hydrogen-bond donors (Lipinski definition) is 1. The highest BCUT2D eigenvalue weighted by Gasteiger charge is 2.20. The molecule has 108 valence electrons. The van der Waals surface area contributed by atoms with Crippen LogP contribution in [-0.4, -0.2) is 17.7 Å². The smallest absolute Gasteiger partial charge is 0.334 e. The quantitative estimate of drug-likeness (QED) is 0.670. The Labute approximate surface area is 120 Å². The maximum atomic E-state index is 11.5. The van der Waals surface area contributed by atoms with Crippen molar-refractivity contribution in [2.75, 3.05) is 6.61 Å². The van der Waals surface area contributed by atoms with Gasteiger partial charge in [-0.1, -0.05) is 27.7 Å². The number of phenols is 1. The number of carbonyl (C=O) groups is 1. The molecule has 0 spiro atoms. The Hall–Kier alpha value is -1.77. The average Bonchev–Trinajstić information content (AvgIpc) is 2.76. The highest BCUT2D eigenvalue weighted by atomic mass is 16.5. The van der Waals surface area contributed by atoms with E-state index in [1.54, 1.807) is 0 Å². The minimum absolute atomic E-state index is 0.227. The topological polar surface area (TPSA) is 46.5 Å². The standard InChI is InChI=1S/C17H22O3/c1-10(2)14-8-12(7-13-5-6-20-17(13)19)9-15(11(3)4)16(14)18/h7-11,18H,5-6H2,1-4H3. The number of ether oxygens (including phenoxy) is 1. The first-order chi connectivity index (χ1) is 9.40. The van der Waals surface area contributed by atoms with Crippen molar-refractivity contribution < 1.29 is 14.6 Å². The maximum absolute atomic E-state index is 11.5. The van der Waals surface area contributed by atoms with Crippen LogP contribution >= 0.6 is 0 Å². The summed E-state index contributed by atoms with van der Waals surface area (Å²) in [5.41, 5.74) is 3.52. The van der Waals surface area contributed by atoms with Crippen molar-refractivity contribution in [3.05, 3.63) is 34.4 Å². The van der Waals surface area contributed by atoms with Gasteiger partial charge in [-0.25, -0.2) is 4.79 Å². The first-order valence-electron chi connectivity index (χ1n) is 7.14. The summed E-state index contributed by atoms with van der Waals surface area (Å²) in [6, 6.07) is 3.93. The van der Waals surface area contributed by atoms with Gasteiger partial charge in [-0.05, 0) is 46.7 Å². The fraction of sp³-hybridized carbons (Fsp3) is 0.471. The normalized spacial score (nSPS) is 17.3. The van der Waals surface area contributed by atoms with Crippen LogP contribution in [0.2, 0.25) is 0 Å². The number of phenolic OH excluding ortho intramolecular Hbond substituents is 1. The molecule has 1 aromatic rings. The molecule has 0 atom stereocenters. The van der Waals surface area contributed by atoms with Crippen LogP contribution in [0, 0.1) is 0 Å². The largest absolute Gasteiger partial charge is 0.507 e. The summed E-state index contributed by atoms with van der Waals surface area (Å²) >= 11 is 0. The molecule has 1 saturated heterocycles. The third kappa shape index (κ3) is 2.87. The van der Waals surface area contributed by atoms with Crippen molar-refractivity contribution >= 4 is 12.0 Å². The summed E-state index contributed by atoms with van der Waals surface area (Å²) < 4.78 is 4.96. The van der Waals surface area contributed by atoms with Gasteiger partial charge in [-0.2, -0.15) is 0 Å². The molecule has 0 radical (unpaired) electrons. The van der Waals surface area contributed by atoms with Crippen LogP contribution in [0.15, 0.2) is 17.7 Å². The molecule has 0 saturated carbocycles. The van der Waals surface area contributed by atoms with E-state index in [1.807, 2.05) is 18.2 Å². The molecule has 0 aliphatic carbocycles. The Morgan fingerprint density at radius 3 is 2.10 bits per heavy atom. The molecular weight excluding hydrogens is 252 g/mol. The van der Waals surface area contributed by atoms with Gasteiger partial charge in [0, 0.05) is 12.0 Å². The minimum Gasteiger partial charge on any atom is -0.507 e. The zero-order valence-electron chi connectivity index (χ0n) is 12.6. The summed E-state index contributed by atoms with van der Waals surface area (Å²) in [6.45, 7) is 8.69. The predicted molar refractivity (Wildman–Crippen MR) is 79.8 cm³/mol. The Balaban J connectivity index is 2.51. The number of carbonyl (C=O) groups excluding carboxylic acids is 1. The molecule has 0 aromatic heterocycles. The Kier molecular flexibility index (Phi) is 4.17. The molecule has 3 heteroatoms. The second-order valence-electron chi connectivity index (χ2n) is 5.91. The highest BCUT2D eigenvalue weighted by molar-refractivity contribution is 5.95. The van der Waals surface area contributed by atoms with E-state index in [0.717, 1.165) is 16.7 Å². The zero-order valence-corrected chi connectivity index (χ0v) is 12.6. The SMILES string of the molecule is CC(C)c1cc(C=C2CCOC2=O)cc(C(C)C)c1O. The molecule has 1 aliphatic heterocycles. The van der Waals surface area contributed by atoms with Gasteiger partial charge in [0.1, 0.15) is 5.75 Å². The van der Waals surface area contributed by atoms with E-state index < -0.39 is 0 Å². The van der Waals surface area contributed by atoms with Crippen LogP contribution in [0.3, 0.4) is 0 Å². The number of esters is 1. The van der Waals surface area contributed by atoms with E-state index in [4.69, 9.17) is 4.74 Å². The Bertz CT molecular complexity index is 524. The first-order valence-corrected chi connectivity index (χ1v) is 7.14. The van der Waals surface area contributed by atoms with Gasteiger partial charge in [0.15, 0.2) is 0 Å². The lowest BCUT2D eigenvalue weighted by Gasteiger charge is -2.16. The molecule has 3 nitrogen and oxygen atoms in total. The van der Waals surface area contributed by atoms with Gasteiger partial charge >= 0.3 is 5.97 Å². The molecule has 1 aliphatic rings. The van der Waals surface area contributed by atoms with E-state index in [2.05, 4.69) is 27.7 Å². The molecule has 1 fully saturated rings. The van der Waals surface area contributed by atoms with Crippen LogP contribution in [0.4, 0.5) is 0 Å². The zero-order chi connectivity index (χ0) is 14.9. The number of benzene rings is 1. The van der Waals surface area contributed by atoms with Gasteiger partial charge in [0.25, 0.3) is 0 Å². The van der Waals surface area contributed by atoms with E-state index in [1.165, 1.54) is 0 Å². The van der Waals surface area contributed by atoms with Gasteiger partial charge in [-0.3, -0.25) is 0 Å². The second-order valence-corrected chi connectivity index (χ2v) is 5.91. The number of hydrogen-bond acceptors (Lipinski definition) is 3. The van der Waals surface area contributed by atoms with Crippen molar-refractivity contribution in [1.29, 1.82) is 0 Å². The summed E-state index contributed by atoms with van der Waals surface area (Å²) in [5.74, 6) is 0.629. The van der Waals surface area contributed by atoms with Gasteiger partial charge in [0.05, 0.1) is 6.61 Å². The summed E-state index contributed by atoms with van der Waals surface area (Å²) in [6.07, 6.45) is 2.54. The van der Waals surface area contributed by atoms with Crippen molar-refractivity contribution in [3.63, 3.8) is 0 Å². The van der Waals surface area contributed by atoms with E-state index in [0.29, 0.717) is 24.4 Å². The molecular formula is C17H22O3. The van der Waals surface area contributed by atoms with Crippen molar-refractivity contribution in [2.45, 2.75) is 46.0 Å². The lowest BCUT2D eigenvalue weighted by molar-refractivity contribution is -0.134. The van der Waals surface area contributed by atoms with E-state index in [9.17, 15) is 9.90 Å². The lowest BCUT2D eigenvalue weighted by Crippen LogP contribution is -1.98. The summed E-state index contributed by atoms with van der Waals surface area (Å²) in [4.78, 5) is 11.5. The fourth-order valence-corrected chi connectivity index (χ4v) is 2.45. The Morgan fingerprint density at radius 2 is 1.70 bits per heavy atom. The van der Waals surface area contributed by atoms with Gasteiger partial charge in [0.2, 0.25) is 0 Å². The molecule has 0 unspecified atom stereocenters. The molecule has 1 N–H and O–H groups in total. The van der Waals surface area contributed by atoms with Crippen LogP contribution in [0.25, 0.3) is 6.08 Å². The number of cyclic esters (lactones) is 1. The first kappa shape index (κ1) is 14.6. The molecule has 2 rings (SSSR count). The van der Waals surface area contributed by atoms with Gasteiger partial charge in [-0.15, -0.1) is 0 Å². The van der Waals surface area contributed by atoms with Crippen LogP contribution < -0.4 is 0 Å². The highest BCUT2D eigenvalue weighted by Crippen LogP contribution is 2.35. The monoisotopic (exact) mass is 274 g/mol. The van der Waals surface area contributed by atoms with Crippen LogP contribution in [0.5, 0.6) is 5.75 Å². The molecule has 20 heavy (non-hydrogen) atoms. The summed E-state index contributed by atoms with van der Waals surface area (Å²) in [5, 5.41) is 10.4. The van der Waals surface area contributed by atoms with E-state index in [-0.39, 0.29) is 17.8 Å². The van der Waals surface area contributed by atoms with Crippen LogP contribution in [-0.2, 0) is 9.53 Å². The average molecular weight is 274 g/mol. The van der Waals surface area contributed by atoms with Crippen molar-refractivity contribution in [1.82, 2.24) is 0 Å². The molecule has 0 bridgehead atoms. The van der Waals surface area contributed by atoms with Crippen molar-refractivity contribution in [3.8, 4) is 5.75 Å². The third-order valence-corrected chi connectivity index (χ3v) is 3.64. The Morgan fingerprint density at radius 1 is 1.15 bits per heavy atom. The second kappa shape index (κ2) is 5.70. The van der Waals surface area contributed by atoms with Gasteiger partial charge < -0.3 is 9.84 Å². The van der Waals surface area contributed by atoms with E-state index >= 15 is 0 Å². The summed E-state index contributed by atoms with van der Waals surface area (Å²) in [7, 11) is 0. The predicted octanol–water partition coefficient (Wildman–Crippen LogP) is 3.97. The molecule has 0 amide bonds. The fourth-order valence-electron chi connectivity index (χ4n) is 2.45. The molecule has 1 heterocycles. The number of rotatable bonds is 3. The van der Waals surface area contributed by atoms with Crippen molar-refractivity contribution in [2.24, 2.45) is 0 Å². The molecule has 1 aromatic carbocycles. The third-order valence-electron chi connectivity index (χ3n) is 3.64. The maximum Gasteiger partial charge on any atom is 0.334 e. The lowest BCUT2D eigenvalue weighted by atomic mass is 9.91.